The highest BCUT2D eigenvalue weighted by Crippen LogP contribution is 1.74. The SMILES string of the molecule is CNC(=O)CCNCC(=O)NC(N)=O. The smallest absolute Gasteiger partial charge is 0.318 e. The van der Waals surface area contributed by atoms with Crippen molar-refractivity contribution >= 4 is 17.8 Å². The van der Waals surface area contributed by atoms with E-state index < -0.39 is 11.9 Å². The van der Waals surface area contributed by atoms with Crippen LogP contribution in [0.25, 0.3) is 0 Å². The lowest BCUT2D eigenvalue weighted by Gasteiger charge is -2.03. The van der Waals surface area contributed by atoms with E-state index in [2.05, 4.69) is 10.6 Å². The van der Waals surface area contributed by atoms with Crippen LogP contribution >= 0.6 is 0 Å². The Hall–Kier alpha value is -1.63. The van der Waals surface area contributed by atoms with E-state index in [1.807, 2.05) is 5.32 Å². The number of imide groups is 1. The number of hydrogen-bond donors (Lipinski definition) is 4. The maximum atomic E-state index is 10.8. The Morgan fingerprint density at radius 2 is 1.86 bits per heavy atom. The quantitative estimate of drug-likeness (QED) is 0.383. The molecule has 0 aliphatic carbocycles. The molecule has 80 valence electrons. The van der Waals surface area contributed by atoms with Gasteiger partial charge in [0.1, 0.15) is 0 Å². The van der Waals surface area contributed by atoms with Gasteiger partial charge in [0.2, 0.25) is 11.8 Å². The van der Waals surface area contributed by atoms with Crippen molar-refractivity contribution < 1.29 is 14.4 Å². The van der Waals surface area contributed by atoms with E-state index in [-0.39, 0.29) is 18.9 Å². The average Bonchev–Trinajstić information content (AvgIpc) is 2.10. The standard InChI is InChI=1S/C7H14N4O3/c1-9-5(12)2-3-10-4-6(13)11-7(8)14/h10H,2-4H2,1H3,(H,9,12)(H3,8,11,13,14). The van der Waals surface area contributed by atoms with Crippen molar-refractivity contribution in [2.45, 2.75) is 6.42 Å². The first-order valence-corrected chi connectivity index (χ1v) is 4.07. The summed E-state index contributed by atoms with van der Waals surface area (Å²) in [6.07, 6.45) is 0.278. The van der Waals surface area contributed by atoms with Crippen LogP contribution in [0, 0.1) is 0 Å². The molecule has 0 radical (unpaired) electrons. The van der Waals surface area contributed by atoms with E-state index in [1.165, 1.54) is 7.05 Å². The maximum absolute atomic E-state index is 10.8. The first-order valence-electron chi connectivity index (χ1n) is 4.07. The number of carbonyl (C=O) groups is 3. The van der Waals surface area contributed by atoms with Gasteiger partial charge in [0.05, 0.1) is 6.54 Å². The number of nitrogens with two attached hydrogens (primary N) is 1. The molecule has 0 fully saturated rings. The van der Waals surface area contributed by atoms with Crippen molar-refractivity contribution in [3.05, 3.63) is 0 Å². The lowest BCUT2D eigenvalue weighted by atomic mass is 10.4. The highest BCUT2D eigenvalue weighted by molar-refractivity contribution is 5.94. The highest BCUT2D eigenvalue weighted by Gasteiger charge is 2.03. The fourth-order valence-corrected chi connectivity index (χ4v) is 0.710. The molecule has 0 saturated heterocycles. The van der Waals surface area contributed by atoms with Crippen molar-refractivity contribution in [2.24, 2.45) is 5.73 Å². The third kappa shape index (κ3) is 7.04. The van der Waals surface area contributed by atoms with Crippen LogP contribution in [-0.4, -0.2) is 38.0 Å². The monoisotopic (exact) mass is 202 g/mol. The molecule has 0 aromatic heterocycles. The molecule has 0 aliphatic heterocycles. The van der Waals surface area contributed by atoms with Gasteiger partial charge < -0.3 is 16.4 Å². The Kier molecular flexibility index (Phi) is 6.04. The molecule has 4 amide bonds. The number of urea groups is 1. The number of carbonyl (C=O) groups excluding carboxylic acids is 3. The van der Waals surface area contributed by atoms with E-state index in [0.717, 1.165) is 0 Å². The van der Waals surface area contributed by atoms with E-state index in [9.17, 15) is 14.4 Å². The predicted molar refractivity (Wildman–Crippen MR) is 49.3 cm³/mol. The van der Waals surface area contributed by atoms with Crippen LogP contribution in [0.15, 0.2) is 0 Å². The van der Waals surface area contributed by atoms with Gasteiger partial charge >= 0.3 is 6.03 Å². The van der Waals surface area contributed by atoms with Crippen LogP contribution in [0.4, 0.5) is 4.79 Å². The topological polar surface area (TPSA) is 113 Å². The molecule has 0 atom stereocenters. The summed E-state index contributed by atoms with van der Waals surface area (Å²) in [5.74, 6) is -0.637. The van der Waals surface area contributed by atoms with Crippen LogP contribution < -0.4 is 21.7 Å². The van der Waals surface area contributed by atoms with Crippen molar-refractivity contribution in [1.82, 2.24) is 16.0 Å². The molecule has 0 aromatic carbocycles. The fourth-order valence-electron chi connectivity index (χ4n) is 0.710. The second kappa shape index (κ2) is 6.84. The second-order valence-corrected chi connectivity index (χ2v) is 2.51. The highest BCUT2D eigenvalue weighted by atomic mass is 16.2. The molecule has 5 N–H and O–H groups in total. The Morgan fingerprint density at radius 1 is 1.21 bits per heavy atom. The number of hydrogen-bond acceptors (Lipinski definition) is 4. The third-order valence-corrected chi connectivity index (χ3v) is 1.36. The van der Waals surface area contributed by atoms with E-state index >= 15 is 0 Å². The van der Waals surface area contributed by atoms with Crippen LogP contribution in [0.1, 0.15) is 6.42 Å². The van der Waals surface area contributed by atoms with Crippen LogP contribution in [0.3, 0.4) is 0 Å². The molecular formula is C7H14N4O3. The second-order valence-electron chi connectivity index (χ2n) is 2.51. The van der Waals surface area contributed by atoms with Gasteiger partial charge in [-0.25, -0.2) is 4.79 Å². The van der Waals surface area contributed by atoms with Gasteiger partial charge in [-0.3, -0.25) is 14.9 Å². The molecule has 0 spiro atoms. The third-order valence-electron chi connectivity index (χ3n) is 1.36. The normalized spacial score (nSPS) is 9.21. The number of nitrogens with one attached hydrogen (secondary N) is 3. The predicted octanol–water partition coefficient (Wildman–Crippen LogP) is -2.09. The van der Waals surface area contributed by atoms with Crippen LogP contribution in [0.2, 0.25) is 0 Å². The zero-order valence-corrected chi connectivity index (χ0v) is 7.92. The summed E-state index contributed by atoms with van der Waals surface area (Å²) in [7, 11) is 1.53. The molecule has 0 bridgehead atoms. The molecule has 0 aromatic rings. The summed E-state index contributed by atoms with van der Waals surface area (Å²) in [6, 6.07) is -0.886. The summed E-state index contributed by atoms with van der Waals surface area (Å²) in [5, 5.41) is 6.99. The van der Waals surface area contributed by atoms with Gasteiger partial charge in [-0.05, 0) is 0 Å². The minimum atomic E-state index is -0.886. The van der Waals surface area contributed by atoms with E-state index in [4.69, 9.17) is 5.73 Å². The lowest BCUT2D eigenvalue weighted by Crippen LogP contribution is -2.41. The molecular weight excluding hydrogens is 188 g/mol. The van der Waals surface area contributed by atoms with Crippen LogP contribution in [0.5, 0.6) is 0 Å². The Bertz CT molecular complexity index is 229. The van der Waals surface area contributed by atoms with Crippen molar-refractivity contribution in [3.8, 4) is 0 Å². The van der Waals surface area contributed by atoms with Crippen LogP contribution in [-0.2, 0) is 9.59 Å². The summed E-state index contributed by atoms with van der Waals surface area (Å²) < 4.78 is 0. The number of amides is 4. The van der Waals surface area contributed by atoms with Gasteiger partial charge in [0.15, 0.2) is 0 Å². The first kappa shape index (κ1) is 12.4. The van der Waals surface area contributed by atoms with Gasteiger partial charge in [0.25, 0.3) is 0 Å². The Balaban J connectivity index is 3.40. The molecule has 7 nitrogen and oxygen atoms in total. The van der Waals surface area contributed by atoms with Gasteiger partial charge in [-0.2, -0.15) is 0 Å². The van der Waals surface area contributed by atoms with Gasteiger partial charge in [-0.1, -0.05) is 0 Å². The van der Waals surface area contributed by atoms with Gasteiger partial charge in [-0.15, -0.1) is 0 Å². The summed E-state index contributed by atoms with van der Waals surface area (Å²) in [4.78, 5) is 31.7. The molecule has 7 heteroatoms. The molecule has 0 heterocycles. The molecule has 0 aliphatic rings. The minimum absolute atomic E-state index is 0.0417. The van der Waals surface area contributed by atoms with E-state index in [0.29, 0.717) is 6.54 Å². The fraction of sp³-hybridized carbons (Fsp3) is 0.571. The zero-order chi connectivity index (χ0) is 11.0. The first-order chi connectivity index (χ1) is 6.56. The zero-order valence-electron chi connectivity index (χ0n) is 7.92. The van der Waals surface area contributed by atoms with E-state index in [1.54, 1.807) is 0 Å². The number of primary amides is 1. The maximum Gasteiger partial charge on any atom is 0.318 e. The summed E-state index contributed by atoms with van der Waals surface area (Å²) in [6.45, 7) is 0.325. The molecule has 0 unspecified atom stereocenters. The minimum Gasteiger partial charge on any atom is -0.359 e. The average molecular weight is 202 g/mol. The molecule has 0 rings (SSSR count). The van der Waals surface area contributed by atoms with Crippen molar-refractivity contribution in [3.63, 3.8) is 0 Å². The van der Waals surface area contributed by atoms with Crippen molar-refractivity contribution in [1.29, 1.82) is 0 Å². The number of rotatable bonds is 5. The molecule has 14 heavy (non-hydrogen) atoms. The summed E-state index contributed by atoms with van der Waals surface area (Å²) >= 11 is 0. The lowest BCUT2D eigenvalue weighted by molar-refractivity contribution is -0.121. The summed E-state index contributed by atoms with van der Waals surface area (Å²) in [5.41, 5.74) is 4.70. The largest absolute Gasteiger partial charge is 0.359 e. The van der Waals surface area contributed by atoms with Crippen molar-refractivity contribution in [2.75, 3.05) is 20.1 Å². The molecule has 0 saturated carbocycles. The Morgan fingerprint density at radius 3 is 2.36 bits per heavy atom. The Labute approximate surface area is 81.4 Å². The van der Waals surface area contributed by atoms with Gasteiger partial charge in [0, 0.05) is 20.0 Å².